The quantitative estimate of drug-likeness (QED) is 0.783. The van der Waals surface area contributed by atoms with E-state index in [0.29, 0.717) is 52.2 Å². The van der Waals surface area contributed by atoms with E-state index in [1.165, 1.54) is 0 Å². The first kappa shape index (κ1) is 14.5. The number of nitriles is 1. The first-order chi connectivity index (χ1) is 10.6. The predicted octanol–water partition coefficient (Wildman–Crippen LogP) is 3.90. The molecule has 1 heterocycles. The normalized spacial score (nSPS) is 13.9. The standard InChI is InChI=1S/C17H18N2O3/c1-5-21-10(3)13-9(2)12(8-18)14-16(15(13)20-4)22-17(19-14)11-6-7-11/h11H,3,5-7H2,1-2,4H3. The molecular formula is C17H18N2O3. The molecule has 3 rings (SSSR count). The summed E-state index contributed by atoms with van der Waals surface area (Å²) >= 11 is 0. The van der Waals surface area contributed by atoms with Gasteiger partial charge in [-0.05, 0) is 32.3 Å². The van der Waals surface area contributed by atoms with Crippen molar-refractivity contribution >= 4 is 16.9 Å². The third-order valence-electron chi connectivity index (χ3n) is 3.90. The van der Waals surface area contributed by atoms with Crippen LogP contribution in [0.2, 0.25) is 0 Å². The average molecular weight is 298 g/mol. The fraction of sp³-hybridized carbons (Fsp3) is 0.412. The zero-order valence-corrected chi connectivity index (χ0v) is 13.0. The summed E-state index contributed by atoms with van der Waals surface area (Å²) in [4.78, 5) is 4.52. The number of ether oxygens (including phenoxy) is 2. The van der Waals surface area contributed by atoms with Crippen molar-refractivity contribution < 1.29 is 13.9 Å². The van der Waals surface area contributed by atoms with Gasteiger partial charge in [0.25, 0.3) is 0 Å². The zero-order valence-electron chi connectivity index (χ0n) is 13.0. The average Bonchev–Trinajstić information content (AvgIpc) is 3.26. The number of nitrogens with zero attached hydrogens (tertiary/aromatic N) is 2. The van der Waals surface area contributed by atoms with Crippen LogP contribution < -0.4 is 4.74 Å². The van der Waals surface area contributed by atoms with Crippen molar-refractivity contribution in [2.24, 2.45) is 0 Å². The minimum atomic E-state index is 0.363. The van der Waals surface area contributed by atoms with Crippen LogP contribution in [-0.2, 0) is 4.74 Å². The molecule has 1 aliphatic carbocycles. The maximum atomic E-state index is 9.54. The van der Waals surface area contributed by atoms with E-state index in [1.54, 1.807) is 7.11 Å². The Kier molecular flexibility index (Phi) is 3.53. The number of hydrogen-bond donors (Lipinski definition) is 0. The first-order valence-electron chi connectivity index (χ1n) is 7.35. The molecule has 0 amide bonds. The van der Waals surface area contributed by atoms with E-state index in [2.05, 4.69) is 17.6 Å². The van der Waals surface area contributed by atoms with Crippen molar-refractivity contribution in [2.75, 3.05) is 13.7 Å². The molecule has 0 spiro atoms. The fourth-order valence-electron chi connectivity index (χ4n) is 2.67. The van der Waals surface area contributed by atoms with Gasteiger partial charge in [-0.3, -0.25) is 0 Å². The van der Waals surface area contributed by atoms with Gasteiger partial charge in [0.1, 0.15) is 17.3 Å². The van der Waals surface area contributed by atoms with E-state index >= 15 is 0 Å². The van der Waals surface area contributed by atoms with Crippen LogP contribution in [0.3, 0.4) is 0 Å². The van der Waals surface area contributed by atoms with Crippen molar-refractivity contribution in [2.45, 2.75) is 32.6 Å². The van der Waals surface area contributed by atoms with Gasteiger partial charge >= 0.3 is 0 Å². The summed E-state index contributed by atoms with van der Waals surface area (Å²) in [5, 5.41) is 9.54. The second-order valence-electron chi connectivity index (χ2n) is 5.38. The van der Waals surface area contributed by atoms with E-state index in [1.807, 2.05) is 13.8 Å². The van der Waals surface area contributed by atoms with Gasteiger partial charge < -0.3 is 13.9 Å². The smallest absolute Gasteiger partial charge is 0.198 e. The SMILES string of the molecule is C=C(OCC)c1c(C)c(C#N)c2nc(C3CC3)oc2c1OC. The van der Waals surface area contributed by atoms with Gasteiger partial charge in [-0.2, -0.15) is 5.26 Å². The molecule has 1 fully saturated rings. The Morgan fingerprint density at radius 2 is 2.23 bits per heavy atom. The lowest BCUT2D eigenvalue weighted by Gasteiger charge is -2.15. The summed E-state index contributed by atoms with van der Waals surface area (Å²) in [5.74, 6) is 2.05. The third-order valence-corrected chi connectivity index (χ3v) is 3.90. The molecule has 22 heavy (non-hydrogen) atoms. The molecule has 0 bridgehead atoms. The second kappa shape index (κ2) is 5.38. The van der Waals surface area contributed by atoms with Gasteiger partial charge in [-0.25, -0.2) is 4.98 Å². The van der Waals surface area contributed by atoms with Crippen LogP contribution in [0.1, 0.15) is 48.3 Å². The molecule has 0 unspecified atom stereocenters. The van der Waals surface area contributed by atoms with Crippen LogP contribution in [0, 0.1) is 18.3 Å². The van der Waals surface area contributed by atoms with Gasteiger partial charge in [-0.1, -0.05) is 6.58 Å². The maximum Gasteiger partial charge on any atom is 0.198 e. The topological polar surface area (TPSA) is 68.3 Å². The summed E-state index contributed by atoms with van der Waals surface area (Å²) in [6, 6.07) is 2.22. The summed E-state index contributed by atoms with van der Waals surface area (Å²) < 4.78 is 17.0. The Bertz CT molecular complexity index is 795. The van der Waals surface area contributed by atoms with Crippen LogP contribution in [0.25, 0.3) is 16.9 Å². The molecule has 5 nitrogen and oxygen atoms in total. The van der Waals surface area contributed by atoms with Crippen LogP contribution in [0.4, 0.5) is 0 Å². The van der Waals surface area contributed by atoms with Crippen molar-refractivity contribution in [3.8, 4) is 11.8 Å². The number of oxazole rings is 1. The molecule has 114 valence electrons. The summed E-state index contributed by atoms with van der Waals surface area (Å²) in [7, 11) is 1.57. The molecule has 1 aromatic carbocycles. The van der Waals surface area contributed by atoms with Crippen molar-refractivity contribution in [1.82, 2.24) is 4.98 Å². The van der Waals surface area contributed by atoms with Crippen molar-refractivity contribution in [3.63, 3.8) is 0 Å². The van der Waals surface area contributed by atoms with E-state index in [9.17, 15) is 5.26 Å². The summed E-state index contributed by atoms with van der Waals surface area (Å²) in [5.41, 5.74) is 2.98. The van der Waals surface area contributed by atoms with Crippen LogP contribution in [0.5, 0.6) is 5.75 Å². The molecular weight excluding hydrogens is 280 g/mol. The number of fused-ring (bicyclic) bond motifs is 1. The van der Waals surface area contributed by atoms with E-state index in [0.717, 1.165) is 18.4 Å². The Hall–Kier alpha value is -2.48. The van der Waals surface area contributed by atoms with Gasteiger partial charge in [-0.15, -0.1) is 0 Å². The molecule has 0 N–H and O–H groups in total. The largest absolute Gasteiger partial charge is 0.494 e. The van der Waals surface area contributed by atoms with E-state index < -0.39 is 0 Å². The predicted molar refractivity (Wildman–Crippen MR) is 82.6 cm³/mol. The molecule has 5 heteroatoms. The van der Waals surface area contributed by atoms with Crippen molar-refractivity contribution in [3.05, 3.63) is 29.2 Å². The van der Waals surface area contributed by atoms with Gasteiger partial charge in [0, 0.05) is 5.92 Å². The summed E-state index contributed by atoms with van der Waals surface area (Å²) in [6.07, 6.45) is 2.16. The van der Waals surface area contributed by atoms with E-state index in [4.69, 9.17) is 13.9 Å². The molecule has 0 radical (unpaired) electrons. The highest BCUT2D eigenvalue weighted by atomic mass is 16.5. The lowest BCUT2D eigenvalue weighted by molar-refractivity contribution is 0.296. The third kappa shape index (κ3) is 2.12. The Morgan fingerprint density at radius 1 is 1.50 bits per heavy atom. The lowest BCUT2D eigenvalue weighted by Crippen LogP contribution is -2.01. The molecule has 1 aliphatic rings. The number of hydrogen-bond acceptors (Lipinski definition) is 5. The van der Waals surface area contributed by atoms with E-state index in [-0.39, 0.29) is 0 Å². The van der Waals surface area contributed by atoms with Gasteiger partial charge in [0.2, 0.25) is 0 Å². The molecule has 0 saturated heterocycles. The molecule has 1 saturated carbocycles. The molecule has 0 atom stereocenters. The molecule has 1 aromatic heterocycles. The minimum absolute atomic E-state index is 0.363. The van der Waals surface area contributed by atoms with Crippen LogP contribution in [0.15, 0.2) is 11.0 Å². The number of rotatable bonds is 5. The fourth-order valence-corrected chi connectivity index (χ4v) is 2.67. The monoisotopic (exact) mass is 298 g/mol. The second-order valence-corrected chi connectivity index (χ2v) is 5.38. The number of methoxy groups -OCH3 is 1. The minimum Gasteiger partial charge on any atom is -0.494 e. The van der Waals surface area contributed by atoms with Crippen LogP contribution in [-0.4, -0.2) is 18.7 Å². The molecule has 2 aromatic rings. The Balaban J connectivity index is 2.32. The zero-order chi connectivity index (χ0) is 15.9. The van der Waals surface area contributed by atoms with Gasteiger partial charge in [0.05, 0.1) is 24.8 Å². The highest BCUT2D eigenvalue weighted by molar-refractivity contribution is 5.92. The molecule has 0 aliphatic heterocycles. The van der Waals surface area contributed by atoms with Gasteiger partial charge in [0.15, 0.2) is 17.2 Å². The lowest BCUT2D eigenvalue weighted by atomic mass is 9.99. The maximum absolute atomic E-state index is 9.54. The first-order valence-corrected chi connectivity index (χ1v) is 7.35. The highest BCUT2D eigenvalue weighted by Crippen LogP contribution is 2.45. The van der Waals surface area contributed by atoms with Crippen molar-refractivity contribution in [1.29, 1.82) is 5.26 Å². The number of aromatic nitrogens is 1. The summed E-state index contributed by atoms with van der Waals surface area (Å²) in [6.45, 7) is 8.18. The number of benzene rings is 1. The Labute approximate surface area is 129 Å². The highest BCUT2D eigenvalue weighted by Gasteiger charge is 2.32. The Morgan fingerprint density at radius 3 is 2.77 bits per heavy atom. The van der Waals surface area contributed by atoms with Crippen LogP contribution >= 0.6 is 0 Å².